The highest BCUT2D eigenvalue weighted by Gasteiger charge is 2.27. The largest absolute Gasteiger partial charge is 0.591 e. The fourth-order valence-corrected chi connectivity index (χ4v) is 1.77. The maximum absolute atomic E-state index is 12.0. The Morgan fingerprint density at radius 3 is 2.72 bits per heavy atom. The summed E-state index contributed by atoms with van der Waals surface area (Å²) in [5.74, 6) is 0. The lowest BCUT2D eigenvalue weighted by molar-refractivity contribution is 0.561. The fraction of sp³-hybridized carbons (Fsp3) is 0.455. The van der Waals surface area contributed by atoms with Crippen molar-refractivity contribution in [2.45, 2.75) is 31.9 Å². The van der Waals surface area contributed by atoms with Crippen LogP contribution < -0.4 is 0 Å². The Balaban J connectivity index is 3.10. The lowest BCUT2D eigenvalue weighted by Gasteiger charge is -2.19. The number of hydrogen-bond donors (Lipinski definition) is 0. The molecule has 0 amide bonds. The van der Waals surface area contributed by atoms with Crippen molar-refractivity contribution in [2.75, 3.05) is 0 Å². The first-order valence-corrected chi connectivity index (χ1v) is 6.80. The summed E-state index contributed by atoms with van der Waals surface area (Å²) < 4.78 is 15.7. The molecule has 0 fully saturated rings. The van der Waals surface area contributed by atoms with Crippen LogP contribution in [0.3, 0.4) is 0 Å². The Hall–Kier alpha value is -0.980. The summed E-state index contributed by atoms with van der Waals surface area (Å²) in [6, 6.07) is 1.54. The second kappa shape index (κ2) is 6.26. The van der Waals surface area contributed by atoms with Crippen molar-refractivity contribution in [1.29, 1.82) is 0 Å². The molecule has 1 heterocycles. The first-order valence-electron chi connectivity index (χ1n) is 5.31. The number of hydrogen-bond acceptors (Lipinski definition) is 5. The van der Waals surface area contributed by atoms with Crippen molar-refractivity contribution in [3.8, 4) is 0 Å². The molecule has 0 aromatic carbocycles. The van der Waals surface area contributed by atoms with Gasteiger partial charge < -0.3 is 4.55 Å². The second-order valence-electron chi connectivity index (χ2n) is 4.53. The highest BCUT2D eigenvalue weighted by Crippen LogP contribution is 2.19. The van der Waals surface area contributed by atoms with Crippen LogP contribution in [-0.4, -0.2) is 30.4 Å². The van der Waals surface area contributed by atoms with Crippen molar-refractivity contribution in [3.63, 3.8) is 0 Å². The Morgan fingerprint density at radius 2 is 2.22 bits per heavy atom. The van der Waals surface area contributed by atoms with Gasteiger partial charge in [-0.15, -0.1) is 16.8 Å². The topological polar surface area (TPSA) is 74.1 Å². The maximum Gasteiger partial charge on any atom is 0.155 e. The van der Waals surface area contributed by atoms with Gasteiger partial charge in [0.2, 0.25) is 0 Å². The van der Waals surface area contributed by atoms with Crippen LogP contribution in [-0.2, 0) is 11.4 Å². The minimum absolute atomic E-state index is 0.221. The molecule has 0 aliphatic rings. The van der Waals surface area contributed by atoms with Gasteiger partial charge in [-0.25, -0.2) is 0 Å². The molecule has 5 nitrogen and oxygen atoms in total. The Labute approximate surface area is 115 Å². The van der Waals surface area contributed by atoms with Crippen LogP contribution in [0.4, 0.5) is 0 Å². The van der Waals surface area contributed by atoms with Gasteiger partial charge in [-0.05, 0) is 26.0 Å². The molecule has 0 radical (unpaired) electrons. The molecular weight excluding hydrogens is 272 g/mol. The van der Waals surface area contributed by atoms with Crippen LogP contribution >= 0.6 is 11.6 Å². The Bertz CT molecular complexity index is 459. The third kappa shape index (κ3) is 4.36. The summed E-state index contributed by atoms with van der Waals surface area (Å²) in [7, 11) is 0. The van der Waals surface area contributed by atoms with Crippen molar-refractivity contribution >= 4 is 28.7 Å². The predicted octanol–water partition coefficient (Wildman–Crippen LogP) is 2.35. The predicted molar refractivity (Wildman–Crippen MR) is 74.1 cm³/mol. The van der Waals surface area contributed by atoms with E-state index in [1.807, 2.05) is 20.8 Å². The van der Waals surface area contributed by atoms with E-state index in [0.29, 0.717) is 17.8 Å². The van der Waals surface area contributed by atoms with E-state index in [4.69, 9.17) is 11.6 Å². The number of allylic oxidation sites excluding steroid dienone is 1. The molecule has 7 heteroatoms. The van der Waals surface area contributed by atoms with E-state index in [1.54, 1.807) is 6.08 Å². The molecule has 1 aromatic heterocycles. The smallest absolute Gasteiger partial charge is 0.155 e. The summed E-state index contributed by atoms with van der Waals surface area (Å²) >= 11 is 4.38. The van der Waals surface area contributed by atoms with E-state index in [9.17, 15) is 4.55 Å². The second-order valence-corrected chi connectivity index (χ2v) is 6.83. The monoisotopic (exact) mass is 286 g/mol. The molecule has 18 heavy (non-hydrogen) atoms. The minimum Gasteiger partial charge on any atom is -0.591 e. The van der Waals surface area contributed by atoms with Gasteiger partial charge in [0.1, 0.15) is 27.5 Å². The van der Waals surface area contributed by atoms with Gasteiger partial charge in [-0.1, -0.05) is 22.1 Å². The van der Waals surface area contributed by atoms with E-state index < -0.39 is 16.1 Å². The summed E-state index contributed by atoms with van der Waals surface area (Å²) in [5, 5.41) is 11.1. The van der Waals surface area contributed by atoms with Gasteiger partial charge in [0.25, 0.3) is 0 Å². The average molecular weight is 287 g/mol. The molecule has 1 atom stereocenters. The lowest BCUT2D eigenvalue weighted by atomic mass is 10.2. The van der Waals surface area contributed by atoms with Crippen molar-refractivity contribution in [2.24, 2.45) is 4.40 Å². The summed E-state index contributed by atoms with van der Waals surface area (Å²) in [5.41, 5.74) is 1.00. The lowest BCUT2D eigenvalue weighted by Crippen LogP contribution is -2.27. The molecule has 0 spiro atoms. The van der Waals surface area contributed by atoms with Crippen molar-refractivity contribution in [1.82, 2.24) is 15.4 Å². The first kappa shape index (κ1) is 15.1. The number of nitrogens with zero attached hydrogens (tertiary/aromatic N) is 4. The van der Waals surface area contributed by atoms with E-state index in [1.165, 1.54) is 6.07 Å². The van der Waals surface area contributed by atoms with E-state index in [-0.39, 0.29) is 5.15 Å². The van der Waals surface area contributed by atoms with E-state index >= 15 is 0 Å². The molecule has 0 bridgehead atoms. The van der Waals surface area contributed by atoms with Crippen LogP contribution in [0.25, 0.3) is 0 Å². The summed E-state index contributed by atoms with van der Waals surface area (Å²) in [4.78, 5) is 0. The zero-order valence-electron chi connectivity index (χ0n) is 10.6. The molecule has 98 valence electrons. The van der Waals surface area contributed by atoms with Crippen LogP contribution in [0.1, 0.15) is 32.9 Å². The van der Waals surface area contributed by atoms with Crippen LogP contribution in [0.5, 0.6) is 0 Å². The van der Waals surface area contributed by atoms with Gasteiger partial charge in [-0.2, -0.15) is 0 Å². The first-order chi connectivity index (χ1) is 8.34. The molecule has 1 unspecified atom stereocenters. The SMILES string of the molecule is C=CCC(=N[S+]([O-])C(C)(C)C)c1cc(Cl)nnn1. The molecule has 0 aliphatic carbocycles. The molecule has 0 N–H and O–H groups in total. The fourth-order valence-electron chi connectivity index (χ4n) is 0.987. The molecule has 1 rings (SSSR count). The zero-order valence-corrected chi connectivity index (χ0v) is 12.1. The molecule has 0 saturated heterocycles. The van der Waals surface area contributed by atoms with Gasteiger partial charge in [0.05, 0.1) is 0 Å². The minimum atomic E-state index is -1.37. The normalized spacial score (nSPS) is 14.4. The number of halogens is 1. The van der Waals surface area contributed by atoms with Gasteiger partial charge in [-0.3, -0.25) is 0 Å². The highest BCUT2D eigenvalue weighted by molar-refractivity contribution is 7.91. The maximum atomic E-state index is 12.0. The molecule has 0 saturated carbocycles. The van der Waals surface area contributed by atoms with Crippen molar-refractivity contribution in [3.05, 3.63) is 29.6 Å². The Morgan fingerprint density at radius 1 is 1.56 bits per heavy atom. The highest BCUT2D eigenvalue weighted by atomic mass is 35.5. The van der Waals surface area contributed by atoms with E-state index in [0.717, 1.165) is 0 Å². The van der Waals surface area contributed by atoms with Crippen LogP contribution in [0.2, 0.25) is 5.15 Å². The van der Waals surface area contributed by atoms with Gasteiger partial charge in [0, 0.05) is 12.5 Å². The van der Waals surface area contributed by atoms with Crippen LogP contribution in [0, 0.1) is 0 Å². The van der Waals surface area contributed by atoms with Crippen molar-refractivity contribution < 1.29 is 4.55 Å². The number of aromatic nitrogens is 3. The zero-order chi connectivity index (χ0) is 13.8. The summed E-state index contributed by atoms with van der Waals surface area (Å²) in [6.45, 7) is 9.19. The molecule has 1 aromatic rings. The quantitative estimate of drug-likeness (QED) is 0.484. The Kier molecular flexibility index (Phi) is 5.25. The van der Waals surface area contributed by atoms with E-state index in [2.05, 4.69) is 26.4 Å². The molecule has 0 aliphatic heterocycles. The molecular formula is C11H15ClN4OS. The number of rotatable bonds is 4. The summed E-state index contributed by atoms with van der Waals surface area (Å²) in [6.07, 6.45) is 2.10. The third-order valence-electron chi connectivity index (χ3n) is 1.90. The van der Waals surface area contributed by atoms with Crippen LogP contribution in [0.15, 0.2) is 23.1 Å². The van der Waals surface area contributed by atoms with Gasteiger partial charge in [0.15, 0.2) is 5.15 Å². The average Bonchev–Trinajstić information content (AvgIpc) is 2.27. The van der Waals surface area contributed by atoms with Gasteiger partial charge >= 0.3 is 0 Å². The third-order valence-corrected chi connectivity index (χ3v) is 3.52. The standard InChI is InChI=1S/C11H15ClN4OS/c1-5-6-8(15-18(17)11(2,3)4)9-7-10(12)14-16-13-9/h5,7H,1,6H2,2-4H3.